The van der Waals surface area contributed by atoms with Crippen LogP contribution in [-0.4, -0.2) is 25.9 Å². The zero-order valence-electron chi connectivity index (χ0n) is 11.9. The smallest absolute Gasteiger partial charge is 0.152 e. The van der Waals surface area contributed by atoms with E-state index in [1.807, 2.05) is 11.6 Å². The van der Waals surface area contributed by atoms with E-state index in [2.05, 4.69) is 57.5 Å². The maximum atomic E-state index is 4.17. The van der Waals surface area contributed by atoms with Gasteiger partial charge in [-0.25, -0.2) is 0 Å². The lowest BCUT2D eigenvalue weighted by Crippen LogP contribution is -2.13. The molecule has 0 aliphatic heterocycles. The molecule has 2 aromatic heterocycles. The van der Waals surface area contributed by atoms with E-state index in [0.717, 1.165) is 25.5 Å². The second-order valence-corrected chi connectivity index (χ2v) is 4.94. The lowest BCUT2D eigenvalue weighted by molar-refractivity contribution is 0.702. The summed E-state index contributed by atoms with van der Waals surface area (Å²) in [6, 6.07) is 8.60. The van der Waals surface area contributed by atoms with Crippen molar-refractivity contribution in [3.63, 3.8) is 0 Å². The van der Waals surface area contributed by atoms with Crippen LogP contribution in [0.4, 0.5) is 0 Å². The van der Waals surface area contributed by atoms with Crippen molar-refractivity contribution in [2.45, 2.75) is 20.0 Å². The van der Waals surface area contributed by atoms with Gasteiger partial charge in [-0.05, 0) is 23.6 Å². The number of nitrogens with zero attached hydrogens (tertiary/aromatic N) is 4. The van der Waals surface area contributed by atoms with Gasteiger partial charge in [-0.15, -0.1) is 10.2 Å². The van der Waals surface area contributed by atoms with Crippen LogP contribution >= 0.6 is 0 Å². The number of hydrogen-bond donors (Lipinski definition) is 1. The fourth-order valence-corrected chi connectivity index (χ4v) is 2.48. The molecule has 20 heavy (non-hydrogen) atoms. The first-order valence-electron chi connectivity index (χ1n) is 6.90. The first-order chi connectivity index (χ1) is 9.79. The Morgan fingerprint density at radius 2 is 2.15 bits per heavy atom. The minimum Gasteiger partial charge on any atom is -0.340 e. The van der Waals surface area contributed by atoms with Crippen molar-refractivity contribution in [3.8, 4) is 0 Å². The third-order valence-electron chi connectivity index (χ3n) is 3.55. The lowest BCUT2D eigenvalue weighted by atomic mass is 10.1. The van der Waals surface area contributed by atoms with Crippen LogP contribution in [0.2, 0.25) is 0 Å². The molecule has 0 radical (unpaired) electrons. The van der Waals surface area contributed by atoms with Crippen LogP contribution in [0.15, 0.2) is 36.8 Å². The molecule has 0 fully saturated rings. The molecule has 0 unspecified atom stereocenters. The van der Waals surface area contributed by atoms with Gasteiger partial charge in [0.15, 0.2) is 5.82 Å². The Hall–Kier alpha value is -2.14. The summed E-state index contributed by atoms with van der Waals surface area (Å²) in [5, 5.41) is 12.8. The normalized spacial score (nSPS) is 11.3. The van der Waals surface area contributed by atoms with Crippen molar-refractivity contribution in [3.05, 3.63) is 48.2 Å². The highest BCUT2D eigenvalue weighted by atomic mass is 15.3. The van der Waals surface area contributed by atoms with Crippen LogP contribution in [0.3, 0.4) is 0 Å². The van der Waals surface area contributed by atoms with Crippen molar-refractivity contribution >= 4 is 10.9 Å². The van der Waals surface area contributed by atoms with Gasteiger partial charge in [-0.2, -0.15) is 0 Å². The van der Waals surface area contributed by atoms with E-state index in [1.54, 1.807) is 6.33 Å². The SMILES string of the molecule is CCNCc1cccc2ccn(Cc3nncn3C)c12. The fourth-order valence-electron chi connectivity index (χ4n) is 2.48. The molecule has 0 saturated heterocycles. The van der Waals surface area contributed by atoms with E-state index >= 15 is 0 Å². The molecule has 5 nitrogen and oxygen atoms in total. The van der Waals surface area contributed by atoms with Crippen LogP contribution in [0.25, 0.3) is 10.9 Å². The number of fused-ring (bicyclic) bond motifs is 1. The third kappa shape index (κ3) is 2.32. The molecular weight excluding hydrogens is 250 g/mol. The molecule has 3 aromatic rings. The van der Waals surface area contributed by atoms with Gasteiger partial charge in [0.05, 0.1) is 12.1 Å². The van der Waals surface area contributed by atoms with E-state index in [1.165, 1.54) is 16.5 Å². The van der Waals surface area contributed by atoms with Gasteiger partial charge < -0.3 is 14.5 Å². The Labute approximate surface area is 118 Å². The molecule has 104 valence electrons. The summed E-state index contributed by atoms with van der Waals surface area (Å²) in [6.45, 7) is 4.72. The highest BCUT2D eigenvalue weighted by Gasteiger charge is 2.09. The number of rotatable bonds is 5. The van der Waals surface area contributed by atoms with E-state index in [0.29, 0.717) is 0 Å². The zero-order valence-corrected chi connectivity index (χ0v) is 11.9. The van der Waals surface area contributed by atoms with E-state index in [-0.39, 0.29) is 0 Å². The summed E-state index contributed by atoms with van der Waals surface area (Å²) in [5.41, 5.74) is 2.59. The molecule has 3 rings (SSSR count). The highest BCUT2D eigenvalue weighted by Crippen LogP contribution is 2.21. The van der Waals surface area contributed by atoms with Crippen LogP contribution in [-0.2, 0) is 20.1 Å². The predicted octanol–water partition coefficient (Wildman–Crippen LogP) is 1.93. The van der Waals surface area contributed by atoms with Gasteiger partial charge in [0, 0.05) is 19.8 Å². The zero-order chi connectivity index (χ0) is 13.9. The molecule has 2 heterocycles. The van der Waals surface area contributed by atoms with Gasteiger partial charge >= 0.3 is 0 Å². The van der Waals surface area contributed by atoms with Crippen molar-refractivity contribution < 1.29 is 0 Å². The third-order valence-corrected chi connectivity index (χ3v) is 3.55. The monoisotopic (exact) mass is 269 g/mol. The Kier molecular flexibility index (Phi) is 3.52. The average molecular weight is 269 g/mol. The Bertz CT molecular complexity index is 710. The highest BCUT2D eigenvalue weighted by molar-refractivity contribution is 5.83. The molecule has 1 aromatic carbocycles. The topological polar surface area (TPSA) is 47.7 Å². The number of hydrogen-bond acceptors (Lipinski definition) is 3. The van der Waals surface area contributed by atoms with Gasteiger partial charge in [0.2, 0.25) is 0 Å². The van der Waals surface area contributed by atoms with Gasteiger partial charge in [-0.1, -0.05) is 25.1 Å². The average Bonchev–Trinajstić information content (AvgIpc) is 3.05. The van der Waals surface area contributed by atoms with E-state index < -0.39 is 0 Å². The van der Waals surface area contributed by atoms with Crippen LogP contribution in [0.1, 0.15) is 18.3 Å². The van der Waals surface area contributed by atoms with Gasteiger partial charge in [0.1, 0.15) is 6.33 Å². The Morgan fingerprint density at radius 3 is 2.90 bits per heavy atom. The Balaban J connectivity index is 2.00. The fraction of sp³-hybridized carbons (Fsp3) is 0.333. The summed E-state index contributed by atoms with van der Waals surface area (Å²) >= 11 is 0. The van der Waals surface area contributed by atoms with Gasteiger partial charge in [-0.3, -0.25) is 0 Å². The number of para-hydroxylation sites is 1. The Morgan fingerprint density at radius 1 is 1.25 bits per heavy atom. The summed E-state index contributed by atoms with van der Waals surface area (Å²) in [6.07, 6.45) is 3.86. The quantitative estimate of drug-likeness (QED) is 0.770. The predicted molar refractivity (Wildman–Crippen MR) is 79.4 cm³/mol. The summed E-state index contributed by atoms with van der Waals surface area (Å²) in [4.78, 5) is 0. The summed E-state index contributed by atoms with van der Waals surface area (Å²) in [7, 11) is 1.97. The molecule has 0 atom stereocenters. The minimum absolute atomic E-state index is 0.739. The summed E-state index contributed by atoms with van der Waals surface area (Å²) in [5.74, 6) is 0.959. The second-order valence-electron chi connectivity index (χ2n) is 4.94. The largest absolute Gasteiger partial charge is 0.340 e. The van der Waals surface area contributed by atoms with Crippen molar-refractivity contribution in [2.75, 3.05) is 6.54 Å². The molecule has 5 heteroatoms. The standard InChI is InChI=1S/C15H19N5/c1-3-16-9-13-6-4-5-12-7-8-20(15(12)13)10-14-18-17-11-19(14)2/h4-8,11,16H,3,9-10H2,1-2H3. The second kappa shape index (κ2) is 5.46. The van der Waals surface area contributed by atoms with Crippen molar-refractivity contribution in [1.29, 1.82) is 0 Å². The number of aryl methyl sites for hydroxylation is 1. The van der Waals surface area contributed by atoms with Crippen molar-refractivity contribution in [1.82, 2.24) is 24.6 Å². The molecule has 0 amide bonds. The molecule has 0 spiro atoms. The summed E-state index contributed by atoms with van der Waals surface area (Å²) < 4.78 is 4.20. The molecule has 0 saturated carbocycles. The number of nitrogens with one attached hydrogen (secondary N) is 1. The molecule has 0 aliphatic carbocycles. The minimum atomic E-state index is 0.739. The molecule has 1 N–H and O–H groups in total. The van der Waals surface area contributed by atoms with Crippen molar-refractivity contribution in [2.24, 2.45) is 7.05 Å². The maximum absolute atomic E-state index is 4.17. The van der Waals surface area contributed by atoms with Gasteiger partial charge in [0.25, 0.3) is 0 Å². The first kappa shape index (κ1) is 12.9. The van der Waals surface area contributed by atoms with E-state index in [9.17, 15) is 0 Å². The lowest BCUT2D eigenvalue weighted by Gasteiger charge is -2.10. The van der Waals surface area contributed by atoms with Crippen LogP contribution < -0.4 is 5.32 Å². The molecule has 0 aliphatic rings. The van der Waals surface area contributed by atoms with Crippen LogP contribution in [0, 0.1) is 0 Å². The van der Waals surface area contributed by atoms with E-state index in [4.69, 9.17) is 0 Å². The molecule has 0 bridgehead atoms. The maximum Gasteiger partial charge on any atom is 0.152 e. The molecular formula is C15H19N5. The van der Waals surface area contributed by atoms with Crippen LogP contribution in [0.5, 0.6) is 0 Å². The first-order valence-corrected chi connectivity index (χ1v) is 6.90. The number of aromatic nitrogens is 4. The number of benzene rings is 1.